The average molecular weight is 577 g/mol. The molecule has 41 heavy (non-hydrogen) atoms. The van der Waals surface area contributed by atoms with Gasteiger partial charge in [0.1, 0.15) is 24.2 Å². The second-order valence-corrected chi connectivity index (χ2v) is 10.3. The fraction of sp³-hybridized carbons (Fsp3) is 0.464. The molecule has 0 spiro atoms. The van der Waals surface area contributed by atoms with Gasteiger partial charge in [0.2, 0.25) is 5.91 Å². The number of hydrogen-bond donors (Lipinski definition) is 2. The lowest BCUT2D eigenvalue weighted by molar-refractivity contribution is -0.174. The summed E-state index contributed by atoms with van der Waals surface area (Å²) < 4.78 is 49.4. The number of alkyl halides is 3. The van der Waals surface area contributed by atoms with Crippen molar-refractivity contribution in [2.24, 2.45) is 5.92 Å². The maximum atomic E-state index is 12.9. The van der Waals surface area contributed by atoms with Gasteiger partial charge < -0.3 is 25.0 Å². The third-order valence-corrected chi connectivity index (χ3v) is 6.98. The summed E-state index contributed by atoms with van der Waals surface area (Å²) in [7, 11) is 0. The Morgan fingerprint density at radius 3 is 2.49 bits per heavy atom. The number of carbonyl (C=O) groups is 4. The van der Waals surface area contributed by atoms with Gasteiger partial charge in [-0.1, -0.05) is 29.8 Å². The van der Waals surface area contributed by atoms with Gasteiger partial charge >= 0.3 is 18.1 Å². The number of amides is 3. The van der Waals surface area contributed by atoms with Crippen LogP contribution in [0.2, 0.25) is 0 Å². The molecule has 0 radical (unpaired) electrons. The summed E-state index contributed by atoms with van der Waals surface area (Å²) in [6.45, 7) is 4.17. The smallest absolute Gasteiger partial charge is 0.471 e. The van der Waals surface area contributed by atoms with Gasteiger partial charge in [-0.2, -0.15) is 13.2 Å². The first-order chi connectivity index (χ1) is 19.4. The molecule has 2 N–H and O–H groups in total. The second-order valence-electron chi connectivity index (χ2n) is 10.3. The molecule has 3 heterocycles. The van der Waals surface area contributed by atoms with E-state index in [1.807, 2.05) is 12.2 Å². The number of halogens is 3. The maximum Gasteiger partial charge on any atom is 0.471 e. The van der Waals surface area contributed by atoms with Crippen LogP contribution in [0.1, 0.15) is 53.9 Å². The van der Waals surface area contributed by atoms with Crippen molar-refractivity contribution in [1.29, 1.82) is 0 Å². The van der Waals surface area contributed by atoms with Crippen molar-refractivity contribution in [3.8, 4) is 5.75 Å². The number of hydrogen-bond acceptors (Lipinski definition) is 7. The molecule has 0 unspecified atom stereocenters. The number of nitrogens with zero attached hydrogens (tertiary/aromatic N) is 2. The van der Waals surface area contributed by atoms with Crippen LogP contribution in [0, 0.1) is 12.8 Å². The Balaban J connectivity index is 1.39. The number of cyclic esters (lactones) is 1. The van der Waals surface area contributed by atoms with Crippen molar-refractivity contribution in [2.75, 3.05) is 19.7 Å². The largest absolute Gasteiger partial charge is 0.482 e. The molecule has 0 saturated carbocycles. The highest BCUT2D eigenvalue weighted by Gasteiger charge is 2.40. The van der Waals surface area contributed by atoms with E-state index in [-0.39, 0.29) is 36.4 Å². The average Bonchev–Trinajstić information content (AvgIpc) is 3.38. The highest BCUT2D eigenvalue weighted by atomic mass is 19.4. The minimum atomic E-state index is -5.05. The number of aromatic nitrogens is 1. The van der Waals surface area contributed by atoms with Gasteiger partial charge in [0.15, 0.2) is 0 Å². The zero-order chi connectivity index (χ0) is 29.7. The lowest BCUT2D eigenvalue weighted by atomic mass is 10.0. The highest BCUT2D eigenvalue weighted by Crippen LogP contribution is 2.27. The van der Waals surface area contributed by atoms with E-state index in [0.29, 0.717) is 31.5 Å². The molecule has 4 rings (SSSR count). The molecule has 4 atom stereocenters. The van der Waals surface area contributed by atoms with Crippen LogP contribution in [0.15, 0.2) is 42.6 Å². The minimum Gasteiger partial charge on any atom is -0.482 e. The third kappa shape index (κ3) is 7.74. The number of pyridine rings is 1. The van der Waals surface area contributed by atoms with Crippen molar-refractivity contribution in [3.63, 3.8) is 0 Å². The van der Waals surface area contributed by atoms with Crippen molar-refractivity contribution in [2.45, 2.75) is 57.5 Å². The Morgan fingerprint density at radius 2 is 1.88 bits per heavy atom. The van der Waals surface area contributed by atoms with Crippen LogP contribution in [0.4, 0.5) is 13.2 Å². The molecular formula is C28H31F3N4O6. The Bertz CT molecular complexity index is 1270. The molecule has 2 aliphatic rings. The quantitative estimate of drug-likeness (QED) is 0.463. The fourth-order valence-electron chi connectivity index (χ4n) is 4.79. The number of esters is 1. The van der Waals surface area contributed by atoms with Crippen molar-refractivity contribution in [1.82, 2.24) is 20.5 Å². The summed E-state index contributed by atoms with van der Waals surface area (Å²) in [5.41, 5.74) is 1.56. The first-order valence-electron chi connectivity index (χ1n) is 13.2. The molecular weight excluding hydrogens is 545 g/mol. The summed E-state index contributed by atoms with van der Waals surface area (Å²) in [6.07, 6.45) is -3.34. The Kier molecular flexibility index (Phi) is 9.14. The predicted octanol–water partition coefficient (Wildman–Crippen LogP) is 2.86. The number of piperidine rings is 1. The number of rotatable bonds is 8. The Hall–Kier alpha value is -4.16. The molecule has 2 aliphatic heterocycles. The molecule has 2 saturated heterocycles. The summed E-state index contributed by atoms with van der Waals surface area (Å²) in [5, 5.41) is 4.81. The monoisotopic (exact) mass is 576 g/mol. The molecule has 1 aromatic carbocycles. The van der Waals surface area contributed by atoms with Gasteiger partial charge in [0, 0.05) is 19.1 Å². The minimum absolute atomic E-state index is 0.0585. The van der Waals surface area contributed by atoms with E-state index in [1.165, 1.54) is 25.3 Å². The van der Waals surface area contributed by atoms with Crippen LogP contribution in [0.25, 0.3) is 0 Å². The summed E-state index contributed by atoms with van der Waals surface area (Å²) in [6, 6.07) is 8.47. The molecule has 1 aromatic heterocycles. The van der Waals surface area contributed by atoms with Gasteiger partial charge in [-0.05, 0) is 44.4 Å². The van der Waals surface area contributed by atoms with Crippen molar-refractivity contribution >= 4 is 23.7 Å². The Labute approximate surface area is 234 Å². The molecule has 13 heteroatoms. The van der Waals surface area contributed by atoms with Gasteiger partial charge in [-0.15, -0.1) is 0 Å². The molecule has 10 nitrogen and oxygen atoms in total. The van der Waals surface area contributed by atoms with Crippen LogP contribution < -0.4 is 15.4 Å². The van der Waals surface area contributed by atoms with E-state index >= 15 is 0 Å². The zero-order valence-corrected chi connectivity index (χ0v) is 22.6. The molecule has 0 bridgehead atoms. The predicted molar refractivity (Wildman–Crippen MR) is 139 cm³/mol. The van der Waals surface area contributed by atoms with Crippen molar-refractivity contribution < 1.29 is 41.8 Å². The van der Waals surface area contributed by atoms with Gasteiger partial charge in [-0.25, -0.2) is 4.98 Å². The number of carbonyl (C=O) groups excluding carboxylic acids is 4. The topological polar surface area (TPSA) is 127 Å². The van der Waals surface area contributed by atoms with E-state index in [1.54, 1.807) is 29.2 Å². The van der Waals surface area contributed by atoms with E-state index in [4.69, 9.17) is 9.47 Å². The number of ether oxygens (including phenoxy) is 2. The summed E-state index contributed by atoms with van der Waals surface area (Å²) in [5.74, 6) is -3.42. The van der Waals surface area contributed by atoms with Crippen LogP contribution in [-0.2, 0) is 19.1 Å². The van der Waals surface area contributed by atoms with E-state index in [9.17, 15) is 32.3 Å². The third-order valence-electron chi connectivity index (χ3n) is 6.98. The normalized spacial score (nSPS) is 20.5. The lowest BCUT2D eigenvalue weighted by Gasteiger charge is -2.34. The molecule has 3 amide bonds. The second kappa shape index (κ2) is 12.6. The van der Waals surface area contributed by atoms with Crippen molar-refractivity contribution in [3.05, 3.63) is 59.4 Å². The molecule has 2 fully saturated rings. The van der Waals surface area contributed by atoms with E-state index in [0.717, 1.165) is 5.56 Å². The maximum absolute atomic E-state index is 12.9. The first kappa shape index (κ1) is 29.8. The summed E-state index contributed by atoms with van der Waals surface area (Å²) in [4.78, 5) is 54.3. The number of nitrogens with one attached hydrogen (secondary N) is 2. The lowest BCUT2D eigenvalue weighted by Crippen LogP contribution is -2.51. The molecule has 0 aliphatic carbocycles. The molecule has 220 valence electrons. The van der Waals surface area contributed by atoms with Crippen LogP contribution in [-0.4, -0.2) is 71.5 Å². The van der Waals surface area contributed by atoms with Gasteiger partial charge in [-0.3, -0.25) is 19.2 Å². The van der Waals surface area contributed by atoms with Gasteiger partial charge in [0.25, 0.3) is 5.91 Å². The fourth-order valence-corrected chi connectivity index (χ4v) is 4.79. The first-order valence-corrected chi connectivity index (χ1v) is 13.2. The van der Waals surface area contributed by atoms with E-state index in [2.05, 4.69) is 10.3 Å². The summed E-state index contributed by atoms with van der Waals surface area (Å²) >= 11 is 0. The number of likely N-dealkylation sites (tertiary alicyclic amines) is 1. The molecule has 2 aromatic rings. The SMILES string of the molecule is Cc1ccc([C@@H](Oc2ccc(C(=O)N[C@@H]3CCCN(C(=O)[C@@H]4COC(=O)C4)C3)nc2)[C@H](C)NC(=O)C(F)(F)F)cc1. The van der Waals surface area contributed by atoms with Crippen LogP contribution in [0.5, 0.6) is 5.75 Å². The van der Waals surface area contributed by atoms with Gasteiger partial charge in [0.05, 0.1) is 24.6 Å². The number of benzene rings is 1. The van der Waals surface area contributed by atoms with Crippen LogP contribution in [0.3, 0.4) is 0 Å². The highest BCUT2D eigenvalue weighted by molar-refractivity contribution is 5.92. The Morgan fingerprint density at radius 1 is 1.15 bits per heavy atom. The standard InChI is InChI=1S/C28H31F3N4O6/c1-16-5-7-18(8-6-16)24(17(2)33-27(39)28(29,30)31)41-21-9-10-22(32-13-21)25(37)34-20-4-3-11-35(14-20)26(38)19-12-23(36)40-15-19/h5-10,13,17,19-20,24H,3-4,11-12,14-15H2,1-2H3,(H,33,39)(H,34,37)/t17-,19-,20+,24-/m0/s1. The zero-order valence-electron chi connectivity index (χ0n) is 22.6. The van der Waals surface area contributed by atoms with E-state index < -0.39 is 42.0 Å². The van der Waals surface area contributed by atoms with Crippen LogP contribution >= 0.6 is 0 Å². The number of aryl methyl sites for hydroxylation is 1.